The molecule has 0 aromatic carbocycles. The Bertz CT molecular complexity index is 713. The van der Waals surface area contributed by atoms with Crippen LogP contribution in [-0.2, 0) is 14.3 Å². The van der Waals surface area contributed by atoms with Gasteiger partial charge in [-0.3, -0.25) is 4.79 Å². The Balaban J connectivity index is 1.49. The minimum atomic E-state index is -0.530. The summed E-state index contributed by atoms with van der Waals surface area (Å²) in [7, 11) is 1.52. The van der Waals surface area contributed by atoms with Gasteiger partial charge in [-0.15, -0.1) is 0 Å². The highest BCUT2D eigenvalue weighted by atomic mass is 16.7. The molecule has 0 bridgehead atoms. The summed E-state index contributed by atoms with van der Waals surface area (Å²) < 4.78 is 10.3. The van der Waals surface area contributed by atoms with Crippen LogP contribution in [0.1, 0.15) is 85.5 Å². The number of carbonyl (C=O) groups is 1. The average molecular weight is 467 g/mol. The van der Waals surface area contributed by atoms with Crippen LogP contribution < -0.4 is 0 Å². The largest absolute Gasteiger partial charge is 0.436 e. The lowest BCUT2D eigenvalue weighted by atomic mass is 9.43. The smallest absolute Gasteiger partial charge is 0.308 e. The van der Waals surface area contributed by atoms with Crippen molar-refractivity contribution in [1.82, 2.24) is 0 Å². The Morgan fingerprint density at radius 2 is 1.76 bits per heavy atom. The van der Waals surface area contributed by atoms with Crippen molar-refractivity contribution >= 4 is 5.97 Å². The van der Waals surface area contributed by atoms with E-state index < -0.39 is 12.4 Å². The van der Waals surface area contributed by atoms with Gasteiger partial charge in [0.25, 0.3) is 0 Å². The fourth-order valence-electron chi connectivity index (χ4n) is 8.97. The van der Waals surface area contributed by atoms with E-state index in [9.17, 15) is 20.1 Å². The molecule has 0 radical (unpaired) electrons. The first-order valence-corrected chi connectivity index (χ1v) is 13.3. The number of fused-ring (bicyclic) bond motifs is 5. The zero-order valence-electron chi connectivity index (χ0n) is 21.2. The highest BCUT2D eigenvalue weighted by molar-refractivity contribution is 5.69. The second-order valence-electron chi connectivity index (χ2n) is 12.3. The molecule has 0 amide bonds. The molecule has 4 saturated carbocycles. The molecule has 0 heterocycles. The van der Waals surface area contributed by atoms with E-state index in [4.69, 9.17) is 9.47 Å². The van der Waals surface area contributed by atoms with Gasteiger partial charge in [0.15, 0.2) is 6.29 Å². The Hall–Kier alpha value is -0.690. The molecule has 12 atom stereocenters. The van der Waals surface area contributed by atoms with Crippen LogP contribution in [0.2, 0.25) is 0 Å². The number of aliphatic hydroxyl groups excluding tert-OH is 3. The average Bonchev–Trinajstić information content (AvgIpc) is 3.12. The Labute approximate surface area is 199 Å². The van der Waals surface area contributed by atoms with Crippen molar-refractivity contribution < 1.29 is 29.6 Å². The highest BCUT2D eigenvalue weighted by Crippen LogP contribution is 2.68. The number of esters is 1. The van der Waals surface area contributed by atoms with Gasteiger partial charge >= 0.3 is 5.97 Å². The molecule has 4 aliphatic carbocycles. The maximum atomic E-state index is 12.2. The number of ether oxygens (including phenoxy) is 2. The van der Waals surface area contributed by atoms with Crippen molar-refractivity contribution in [3.63, 3.8) is 0 Å². The molecule has 3 N–H and O–H groups in total. The van der Waals surface area contributed by atoms with Gasteiger partial charge in [-0.2, -0.15) is 0 Å². The van der Waals surface area contributed by atoms with E-state index in [-0.39, 0.29) is 34.9 Å². The van der Waals surface area contributed by atoms with Crippen molar-refractivity contribution in [3.8, 4) is 0 Å². The normalized spacial score (nSPS) is 48.8. The molecule has 4 fully saturated rings. The summed E-state index contributed by atoms with van der Waals surface area (Å²) >= 11 is 0. The van der Waals surface area contributed by atoms with Crippen LogP contribution in [0.25, 0.3) is 0 Å². The summed E-state index contributed by atoms with van der Waals surface area (Å²) in [5.41, 5.74) is -0.139. The molecule has 33 heavy (non-hydrogen) atoms. The van der Waals surface area contributed by atoms with Gasteiger partial charge < -0.3 is 24.8 Å². The first-order chi connectivity index (χ1) is 15.5. The SMILES string of the molecule is COC(C)OC(=O)CCC(C)C1CCC2C3C(O)CC4CC(O)CCC4(C)C3CC(O)C12C. The number of carbonyl (C=O) groups excluding carboxylic acids is 1. The minimum Gasteiger partial charge on any atom is -0.436 e. The molecule has 0 spiro atoms. The molecule has 0 aliphatic heterocycles. The highest BCUT2D eigenvalue weighted by Gasteiger charge is 2.65. The van der Waals surface area contributed by atoms with E-state index in [0.717, 1.165) is 51.4 Å². The summed E-state index contributed by atoms with van der Waals surface area (Å²) in [6.07, 6.45) is 5.78. The van der Waals surface area contributed by atoms with Crippen LogP contribution in [0.4, 0.5) is 0 Å². The molecule has 12 unspecified atom stereocenters. The fourth-order valence-corrected chi connectivity index (χ4v) is 8.97. The van der Waals surface area contributed by atoms with E-state index in [2.05, 4.69) is 20.8 Å². The summed E-state index contributed by atoms with van der Waals surface area (Å²) in [6, 6.07) is 0. The molecule has 0 saturated heterocycles. The van der Waals surface area contributed by atoms with Crippen LogP contribution >= 0.6 is 0 Å². The first kappa shape index (κ1) is 25.4. The first-order valence-electron chi connectivity index (χ1n) is 13.3. The van der Waals surface area contributed by atoms with Crippen LogP contribution in [-0.4, -0.2) is 53.0 Å². The quantitative estimate of drug-likeness (QED) is 0.406. The molecule has 6 nitrogen and oxygen atoms in total. The third-order valence-corrected chi connectivity index (χ3v) is 11.0. The van der Waals surface area contributed by atoms with Crippen molar-refractivity contribution in [2.24, 2.45) is 46.3 Å². The van der Waals surface area contributed by atoms with Crippen molar-refractivity contribution in [2.45, 2.75) is 110 Å². The van der Waals surface area contributed by atoms with Crippen LogP contribution in [0, 0.1) is 46.3 Å². The molecule has 4 rings (SSSR count). The van der Waals surface area contributed by atoms with Crippen LogP contribution in [0.5, 0.6) is 0 Å². The molecule has 0 aromatic rings. The summed E-state index contributed by atoms with van der Waals surface area (Å²) in [5.74, 6) is 1.57. The zero-order valence-corrected chi connectivity index (χ0v) is 21.2. The molecule has 6 heteroatoms. The second kappa shape index (κ2) is 9.40. The summed E-state index contributed by atoms with van der Waals surface area (Å²) in [4.78, 5) is 12.2. The van der Waals surface area contributed by atoms with Gasteiger partial charge in [-0.05, 0) is 105 Å². The van der Waals surface area contributed by atoms with E-state index in [1.807, 2.05) is 0 Å². The second-order valence-corrected chi connectivity index (χ2v) is 12.3. The lowest BCUT2D eigenvalue weighted by Gasteiger charge is -2.63. The van der Waals surface area contributed by atoms with E-state index in [0.29, 0.717) is 36.0 Å². The summed E-state index contributed by atoms with van der Waals surface area (Å²) in [6.45, 7) is 8.54. The van der Waals surface area contributed by atoms with Gasteiger partial charge in [0.2, 0.25) is 0 Å². The fraction of sp³-hybridized carbons (Fsp3) is 0.963. The predicted octanol–water partition coefficient (Wildman–Crippen LogP) is 3.90. The van der Waals surface area contributed by atoms with E-state index >= 15 is 0 Å². The summed E-state index contributed by atoms with van der Waals surface area (Å²) in [5, 5.41) is 33.3. The standard InChI is InChI=1S/C27H46O6/c1-15(6-9-24(31)33-16(2)32-5)19-7-8-20-25-21(14-23(30)27(19,20)4)26(3)11-10-18(28)12-17(26)13-22(25)29/h15-23,25,28-30H,6-14H2,1-5H3. The maximum Gasteiger partial charge on any atom is 0.308 e. The lowest BCUT2D eigenvalue weighted by Crippen LogP contribution is -2.62. The molecular weight excluding hydrogens is 420 g/mol. The van der Waals surface area contributed by atoms with Gasteiger partial charge in [0.05, 0.1) is 18.3 Å². The lowest BCUT2D eigenvalue weighted by molar-refractivity contribution is -0.207. The van der Waals surface area contributed by atoms with Crippen LogP contribution in [0.15, 0.2) is 0 Å². The number of hydrogen-bond donors (Lipinski definition) is 3. The minimum absolute atomic E-state index is 0.0942. The molecule has 190 valence electrons. The van der Waals surface area contributed by atoms with Crippen molar-refractivity contribution in [3.05, 3.63) is 0 Å². The van der Waals surface area contributed by atoms with Crippen molar-refractivity contribution in [2.75, 3.05) is 7.11 Å². The van der Waals surface area contributed by atoms with Crippen molar-refractivity contribution in [1.29, 1.82) is 0 Å². The monoisotopic (exact) mass is 466 g/mol. The number of hydrogen-bond acceptors (Lipinski definition) is 6. The zero-order chi connectivity index (χ0) is 24.1. The van der Waals surface area contributed by atoms with Gasteiger partial charge in [-0.1, -0.05) is 20.8 Å². The van der Waals surface area contributed by atoms with Gasteiger partial charge in [-0.25, -0.2) is 0 Å². The van der Waals surface area contributed by atoms with E-state index in [1.165, 1.54) is 7.11 Å². The number of rotatable bonds is 6. The van der Waals surface area contributed by atoms with Gasteiger partial charge in [0, 0.05) is 13.5 Å². The molecule has 4 aliphatic rings. The van der Waals surface area contributed by atoms with E-state index in [1.54, 1.807) is 6.92 Å². The Morgan fingerprint density at radius 1 is 1.03 bits per heavy atom. The number of methoxy groups -OCH3 is 1. The Kier molecular flexibility index (Phi) is 7.24. The van der Waals surface area contributed by atoms with Crippen LogP contribution in [0.3, 0.4) is 0 Å². The predicted molar refractivity (Wildman–Crippen MR) is 125 cm³/mol. The molecular formula is C27H46O6. The third-order valence-electron chi connectivity index (χ3n) is 11.0. The number of aliphatic hydroxyl groups is 3. The Morgan fingerprint density at radius 3 is 2.45 bits per heavy atom. The van der Waals surface area contributed by atoms with Gasteiger partial charge in [0.1, 0.15) is 0 Å². The topological polar surface area (TPSA) is 96.2 Å². The molecule has 0 aromatic heterocycles. The third kappa shape index (κ3) is 4.28. The maximum absolute atomic E-state index is 12.2.